The predicted octanol–water partition coefficient (Wildman–Crippen LogP) is 4.19. The van der Waals surface area contributed by atoms with Crippen LogP contribution in [0.3, 0.4) is 0 Å². The van der Waals surface area contributed by atoms with Gasteiger partial charge in [-0.2, -0.15) is 0 Å². The first kappa shape index (κ1) is 25.0. The van der Waals surface area contributed by atoms with Gasteiger partial charge in [-0.1, -0.05) is 30.3 Å². The molecule has 1 atom stereocenters. The molecule has 0 aliphatic carbocycles. The number of ether oxygens (including phenoxy) is 4. The van der Waals surface area contributed by atoms with Gasteiger partial charge in [0, 0.05) is 5.56 Å². The molecule has 2 rings (SSSR count). The molecule has 8 heteroatoms. The molecule has 174 valence electrons. The van der Waals surface area contributed by atoms with Gasteiger partial charge < -0.3 is 29.4 Å². The molecule has 0 aromatic heterocycles. The van der Waals surface area contributed by atoms with Gasteiger partial charge in [0.2, 0.25) is 0 Å². The summed E-state index contributed by atoms with van der Waals surface area (Å²) < 4.78 is 21.7. The van der Waals surface area contributed by atoms with E-state index in [-0.39, 0.29) is 42.9 Å². The van der Waals surface area contributed by atoms with E-state index < -0.39 is 17.7 Å². The summed E-state index contributed by atoms with van der Waals surface area (Å²) in [7, 11) is 1.23. The van der Waals surface area contributed by atoms with Crippen molar-refractivity contribution in [3.05, 3.63) is 59.2 Å². The van der Waals surface area contributed by atoms with Gasteiger partial charge >= 0.3 is 12.1 Å². The molecule has 2 aromatic rings. The van der Waals surface area contributed by atoms with Gasteiger partial charge in [-0.05, 0) is 45.4 Å². The van der Waals surface area contributed by atoms with E-state index in [0.29, 0.717) is 5.56 Å². The normalized spacial score (nSPS) is 12.0. The summed E-state index contributed by atoms with van der Waals surface area (Å²) in [5.41, 5.74) is 0.799. The number of phenols is 1. The highest BCUT2D eigenvalue weighted by atomic mass is 16.6. The van der Waals surface area contributed by atoms with E-state index in [0.717, 1.165) is 5.56 Å². The molecule has 0 saturated heterocycles. The van der Waals surface area contributed by atoms with Crippen LogP contribution in [0.4, 0.5) is 4.79 Å². The average molecular weight is 446 g/mol. The van der Waals surface area contributed by atoms with E-state index >= 15 is 0 Å². The standard InChI is InChI=1S/C24H31NO7/c1-16(25-23(28)32-24(2,3)4)13-30-15-18-11-12-19(26)20(22(27)29-5)21(18)31-14-17-9-7-6-8-10-17/h6-12,16,26H,13-15H2,1-5H3,(H,25,28)/t16-/m0/s1. The number of benzene rings is 2. The third-order valence-electron chi connectivity index (χ3n) is 4.22. The maximum absolute atomic E-state index is 12.3. The van der Waals surface area contributed by atoms with Crippen molar-refractivity contribution in [1.82, 2.24) is 5.32 Å². The molecule has 0 aliphatic heterocycles. The van der Waals surface area contributed by atoms with Crippen LogP contribution in [0.2, 0.25) is 0 Å². The Kier molecular flexibility index (Phi) is 8.90. The smallest absolute Gasteiger partial charge is 0.407 e. The number of hydrogen-bond donors (Lipinski definition) is 2. The molecular formula is C24H31NO7. The van der Waals surface area contributed by atoms with Crippen molar-refractivity contribution in [2.75, 3.05) is 13.7 Å². The maximum atomic E-state index is 12.3. The summed E-state index contributed by atoms with van der Waals surface area (Å²) >= 11 is 0. The minimum absolute atomic E-state index is 0.0653. The minimum Gasteiger partial charge on any atom is -0.507 e. The zero-order chi connectivity index (χ0) is 23.7. The summed E-state index contributed by atoms with van der Waals surface area (Å²) in [4.78, 5) is 24.1. The number of rotatable bonds is 9. The number of methoxy groups -OCH3 is 1. The van der Waals surface area contributed by atoms with Crippen LogP contribution in [0.5, 0.6) is 11.5 Å². The largest absolute Gasteiger partial charge is 0.507 e. The third-order valence-corrected chi connectivity index (χ3v) is 4.22. The Morgan fingerprint density at radius 2 is 1.75 bits per heavy atom. The highest BCUT2D eigenvalue weighted by Crippen LogP contribution is 2.33. The first-order valence-corrected chi connectivity index (χ1v) is 10.3. The molecule has 0 bridgehead atoms. The Morgan fingerprint density at radius 3 is 2.38 bits per heavy atom. The first-order chi connectivity index (χ1) is 15.1. The Morgan fingerprint density at radius 1 is 1.06 bits per heavy atom. The minimum atomic E-state index is -0.715. The Bertz CT molecular complexity index is 907. The zero-order valence-electron chi connectivity index (χ0n) is 19.1. The van der Waals surface area contributed by atoms with Crippen LogP contribution in [0.15, 0.2) is 42.5 Å². The van der Waals surface area contributed by atoms with Crippen molar-refractivity contribution in [3.8, 4) is 11.5 Å². The molecule has 1 amide bonds. The second-order valence-electron chi connectivity index (χ2n) is 8.28. The molecule has 8 nitrogen and oxygen atoms in total. The third kappa shape index (κ3) is 7.77. The van der Waals surface area contributed by atoms with E-state index in [1.807, 2.05) is 30.3 Å². The summed E-state index contributed by atoms with van der Waals surface area (Å²) in [6.07, 6.45) is -0.530. The van der Waals surface area contributed by atoms with Crippen molar-refractivity contribution in [2.45, 2.75) is 52.6 Å². The summed E-state index contributed by atoms with van der Waals surface area (Å²) in [5, 5.41) is 12.9. The highest BCUT2D eigenvalue weighted by Gasteiger charge is 2.23. The van der Waals surface area contributed by atoms with Gasteiger partial charge in [0.1, 0.15) is 29.3 Å². The fraction of sp³-hybridized carbons (Fsp3) is 0.417. The van der Waals surface area contributed by atoms with Crippen molar-refractivity contribution >= 4 is 12.1 Å². The van der Waals surface area contributed by atoms with Crippen LogP contribution in [0.25, 0.3) is 0 Å². The molecule has 32 heavy (non-hydrogen) atoms. The monoisotopic (exact) mass is 445 g/mol. The van der Waals surface area contributed by atoms with Gasteiger partial charge in [0.05, 0.1) is 26.4 Å². The van der Waals surface area contributed by atoms with Crippen LogP contribution in [0.1, 0.15) is 49.2 Å². The molecule has 0 heterocycles. The number of amides is 1. The Labute approximate surface area is 188 Å². The lowest BCUT2D eigenvalue weighted by Gasteiger charge is -2.22. The number of carbonyl (C=O) groups excluding carboxylic acids is 2. The van der Waals surface area contributed by atoms with Gasteiger partial charge in [0.25, 0.3) is 0 Å². The fourth-order valence-corrected chi connectivity index (χ4v) is 2.82. The van der Waals surface area contributed by atoms with E-state index in [2.05, 4.69) is 5.32 Å². The van der Waals surface area contributed by atoms with Gasteiger partial charge in [-0.25, -0.2) is 9.59 Å². The van der Waals surface area contributed by atoms with Crippen LogP contribution in [-0.2, 0) is 27.4 Å². The summed E-state index contributed by atoms with van der Waals surface area (Å²) in [5.74, 6) is -0.774. The first-order valence-electron chi connectivity index (χ1n) is 10.3. The van der Waals surface area contributed by atoms with Crippen LogP contribution in [-0.4, -0.2) is 42.5 Å². The highest BCUT2D eigenvalue weighted by molar-refractivity contribution is 5.96. The quantitative estimate of drug-likeness (QED) is 0.558. The van der Waals surface area contributed by atoms with Crippen LogP contribution in [0, 0.1) is 0 Å². The van der Waals surface area contributed by atoms with Crippen molar-refractivity contribution in [2.24, 2.45) is 0 Å². The SMILES string of the molecule is COC(=O)c1c(O)ccc(COC[C@H](C)NC(=O)OC(C)(C)C)c1OCc1ccccc1. The van der Waals surface area contributed by atoms with Crippen molar-refractivity contribution < 1.29 is 33.6 Å². The van der Waals surface area contributed by atoms with Crippen molar-refractivity contribution in [1.29, 1.82) is 0 Å². The molecule has 2 N–H and O–H groups in total. The number of esters is 1. The molecule has 0 unspecified atom stereocenters. The second-order valence-corrected chi connectivity index (χ2v) is 8.28. The lowest BCUT2D eigenvalue weighted by molar-refractivity contribution is 0.0438. The molecule has 0 spiro atoms. The molecule has 2 aromatic carbocycles. The number of nitrogens with one attached hydrogen (secondary N) is 1. The number of aromatic hydroxyl groups is 1. The number of carbonyl (C=O) groups is 2. The topological polar surface area (TPSA) is 103 Å². The molecule has 0 fully saturated rings. The lowest BCUT2D eigenvalue weighted by Crippen LogP contribution is -2.39. The maximum Gasteiger partial charge on any atom is 0.407 e. The Hall–Kier alpha value is -3.26. The number of phenolic OH excluding ortho intramolecular Hbond substituents is 1. The van der Waals surface area contributed by atoms with E-state index in [4.69, 9.17) is 18.9 Å². The predicted molar refractivity (Wildman–Crippen MR) is 119 cm³/mol. The van der Waals surface area contributed by atoms with E-state index in [1.54, 1.807) is 33.8 Å². The lowest BCUT2D eigenvalue weighted by atomic mass is 10.1. The van der Waals surface area contributed by atoms with Crippen LogP contribution < -0.4 is 10.1 Å². The van der Waals surface area contributed by atoms with Crippen LogP contribution >= 0.6 is 0 Å². The molecule has 0 radical (unpaired) electrons. The average Bonchev–Trinajstić information content (AvgIpc) is 2.72. The van der Waals surface area contributed by atoms with Gasteiger partial charge in [-0.3, -0.25) is 0 Å². The molecular weight excluding hydrogens is 414 g/mol. The number of alkyl carbamates (subject to hydrolysis) is 1. The summed E-state index contributed by atoms with van der Waals surface area (Å²) in [6, 6.07) is 12.1. The Balaban J connectivity index is 2.09. The second kappa shape index (κ2) is 11.4. The van der Waals surface area contributed by atoms with Crippen molar-refractivity contribution in [3.63, 3.8) is 0 Å². The van der Waals surface area contributed by atoms with Gasteiger partial charge in [-0.15, -0.1) is 0 Å². The van der Waals surface area contributed by atoms with E-state index in [9.17, 15) is 14.7 Å². The van der Waals surface area contributed by atoms with E-state index in [1.165, 1.54) is 13.2 Å². The molecule has 0 saturated carbocycles. The zero-order valence-corrected chi connectivity index (χ0v) is 19.1. The number of hydrogen-bond acceptors (Lipinski definition) is 7. The molecule has 0 aliphatic rings. The summed E-state index contributed by atoms with van der Waals surface area (Å²) in [6.45, 7) is 7.63. The van der Waals surface area contributed by atoms with Gasteiger partial charge in [0.15, 0.2) is 0 Å². The fourth-order valence-electron chi connectivity index (χ4n) is 2.82.